The number of aryl methyl sites for hydroxylation is 1. The number of hydrogen-bond acceptors (Lipinski definition) is 3. The van der Waals surface area contributed by atoms with Crippen molar-refractivity contribution in [1.29, 1.82) is 0 Å². The number of rotatable bonds is 10. The predicted molar refractivity (Wildman–Crippen MR) is 148 cm³/mol. The van der Waals surface area contributed by atoms with Crippen LogP contribution in [0.2, 0.25) is 5.02 Å². The van der Waals surface area contributed by atoms with Crippen molar-refractivity contribution in [2.45, 2.75) is 64.1 Å². The molecule has 4 rings (SSSR count). The lowest BCUT2D eigenvalue weighted by molar-refractivity contribution is -0.143. The molecule has 0 saturated heterocycles. The highest BCUT2D eigenvalue weighted by atomic mass is 35.5. The maximum absolute atomic E-state index is 13.8. The van der Waals surface area contributed by atoms with E-state index in [2.05, 4.69) is 5.32 Å². The third-order valence-corrected chi connectivity index (χ3v) is 7.19. The Hall–Kier alpha value is -3.31. The molecular formula is C31H35ClN2O3. The van der Waals surface area contributed by atoms with Crippen molar-refractivity contribution in [2.24, 2.45) is 0 Å². The van der Waals surface area contributed by atoms with Gasteiger partial charge in [0.05, 0.1) is 0 Å². The molecule has 1 N–H and O–H groups in total. The Morgan fingerprint density at radius 3 is 2.30 bits per heavy atom. The molecule has 0 aliphatic heterocycles. The Morgan fingerprint density at radius 2 is 1.59 bits per heavy atom. The molecule has 3 aromatic rings. The fourth-order valence-electron chi connectivity index (χ4n) is 4.83. The molecule has 2 amide bonds. The van der Waals surface area contributed by atoms with Gasteiger partial charge in [-0.3, -0.25) is 9.59 Å². The first-order valence-corrected chi connectivity index (χ1v) is 13.4. The SMILES string of the molecule is Cc1ccccc1OCC(=O)N(Cc1ccc(Cl)cc1)[C@H](Cc1ccccc1)C(=O)NC1CCCCC1. The molecule has 3 aromatic carbocycles. The predicted octanol–water partition coefficient (Wildman–Crippen LogP) is 6.12. The van der Waals surface area contributed by atoms with E-state index in [0.717, 1.165) is 42.4 Å². The summed E-state index contributed by atoms with van der Waals surface area (Å²) in [5.41, 5.74) is 2.85. The first-order chi connectivity index (χ1) is 18.0. The number of nitrogens with zero attached hydrogens (tertiary/aromatic N) is 1. The number of para-hydroxylation sites is 1. The van der Waals surface area contributed by atoms with Crippen molar-refractivity contribution in [3.63, 3.8) is 0 Å². The van der Waals surface area contributed by atoms with Gasteiger partial charge in [-0.05, 0) is 54.7 Å². The van der Waals surface area contributed by atoms with E-state index in [-0.39, 0.29) is 31.0 Å². The Bertz CT molecular complexity index is 1160. The second-order valence-electron chi connectivity index (χ2n) is 9.75. The first kappa shape index (κ1) is 26.7. The molecule has 0 heterocycles. The topological polar surface area (TPSA) is 58.6 Å². The van der Waals surface area contributed by atoms with Crippen molar-refractivity contribution < 1.29 is 14.3 Å². The number of benzene rings is 3. The van der Waals surface area contributed by atoms with Gasteiger partial charge in [-0.1, -0.05) is 91.5 Å². The van der Waals surface area contributed by atoms with Crippen LogP contribution in [0.5, 0.6) is 5.75 Å². The van der Waals surface area contributed by atoms with Crippen LogP contribution >= 0.6 is 11.6 Å². The van der Waals surface area contributed by atoms with Gasteiger partial charge in [0.1, 0.15) is 11.8 Å². The van der Waals surface area contributed by atoms with Crippen molar-refractivity contribution in [2.75, 3.05) is 6.61 Å². The van der Waals surface area contributed by atoms with Gasteiger partial charge in [-0.25, -0.2) is 0 Å². The number of hydrogen-bond donors (Lipinski definition) is 1. The van der Waals surface area contributed by atoms with Gasteiger partial charge in [0, 0.05) is 24.0 Å². The maximum atomic E-state index is 13.8. The number of carbonyl (C=O) groups is 2. The van der Waals surface area contributed by atoms with E-state index in [1.807, 2.05) is 73.7 Å². The van der Waals surface area contributed by atoms with E-state index in [1.54, 1.807) is 17.0 Å². The van der Waals surface area contributed by atoms with E-state index >= 15 is 0 Å². The van der Waals surface area contributed by atoms with Crippen molar-refractivity contribution >= 4 is 23.4 Å². The summed E-state index contributed by atoms with van der Waals surface area (Å²) in [7, 11) is 0. The normalized spacial score (nSPS) is 14.5. The average molecular weight is 519 g/mol. The summed E-state index contributed by atoms with van der Waals surface area (Å²) in [4.78, 5) is 29.1. The standard InChI is InChI=1S/C31H35ClN2O3/c1-23-10-8-9-15-29(23)37-22-30(35)34(21-25-16-18-26(32)19-17-25)28(20-24-11-4-2-5-12-24)31(36)33-27-13-6-3-7-14-27/h2,4-5,8-12,15-19,27-28H,3,6-7,13-14,20-22H2,1H3,(H,33,36)/t28-/m1/s1. The van der Waals surface area contributed by atoms with Crippen molar-refractivity contribution in [3.8, 4) is 5.75 Å². The number of carbonyl (C=O) groups excluding carboxylic acids is 2. The fraction of sp³-hybridized carbons (Fsp3) is 0.355. The molecule has 6 heteroatoms. The summed E-state index contributed by atoms with van der Waals surface area (Å²) in [6, 6.07) is 24.3. The van der Waals surface area contributed by atoms with Crippen LogP contribution in [-0.4, -0.2) is 35.4 Å². The summed E-state index contributed by atoms with van der Waals surface area (Å²) in [5, 5.41) is 3.88. The molecule has 1 atom stereocenters. The minimum Gasteiger partial charge on any atom is -0.484 e. The van der Waals surface area contributed by atoms with Crippen LogP contribution in [0.25, 0.3) is 0 Å². The zero-order chi connectivity index (χ0) is 26.0. The van der Waals surface area contributed by atoms with Crippen LogP contribution in [0.4, 0.5) is 0 Å². The Labute approximate surface area is 224 Å². The molecule has 0 spiro atoms. The summed E-state index contributed by atoms with van der Waals surface area (Å²) in [6.45, 7) is 2.07. The molecule has 1 fully saturated rings. The number of nitrogens with one attached hydrogen (secondary N) is 1. The van der Waals surface area contributed by atoms with E-state index < -0.39 is 6.04 Å². The van der Waals surface area contributed by atoms with Crippen LogP contribution in [-0.2, 0) is 22.6 Å². The lowest BCUT2D eigenvalue weighted by Gasteiger charge is -2.33. The smallest absolute Gasteiger partial charge is 0.261 e. The van der Waals surface area contributed by atoms with Gasteiger partial charge in [0.15, 0.2) is 6.61 Å². The van der Waals surface area contributed by atoms with Gasteiger partial charge in [0.2, 0.25) is 5.91 Å². The lowest BCUT2D eigenvalue weighted by atomic mass is 9.94. The summed E-state index contributed by atoms with van der Waals surface area (Å²) in [5.74, 6) is 0.306. The van der Waals surface area contributed by atoms with Gasteiger partial charge >= 0.3 is 0 Å². The summed E-state index contributed by atoms with van der Waals surface area (Å²) in [6.07, 6.45) is 5.81. The van der Waals surface area contributed by atoms with Crippen LogP contribution in [0, 0.1) is 6.92 Å². The molecule has 0 unspecified atom stereocenters. The molecule has 0 radical (unpaired) electrons. The molecule has 37 heavy (non-hydrogen) atoms. The number of halogens is 1. The highest BCUT2D eigenvalue weighted by molar-refractivity contribution is 6.30. The van der Waals surface area contributed by atoms with E-state index in [4.69, 9.17) is 16.3 Å². The fourth-order valence-corrected chi connectivity index (χ4v) is 4.95. The molecule has 1 aliphatic carbocycles. The van der Waals surface area contributed by atoms with Crippen molar-refractivity contribution in [1.82, 2.24) is 10.2 Å². The Kier molecular flexibility index (Phi) is 9.61. The zero-order valence-corrected chi connectivity index (χ0v) is 22.1. The molecule has 1 aliphatic rings. The zero-order valence-electron chi connectivity index (χ0n) is 21.4. The van der Waals surface area contributed by atoms with Gasteiger partial charge in [0.25, 0.3) is 5.91 Å². The quantitative estimate of drug-likeness (QED) is 0.352. The monoisotopic (exact) mass is 518 g/mol. The van der Waals surface area contributed by atoms with Gasteiger partial charge < -0.3 is 15.0 Å². The molecule has 5 nitrogen and oxygen atoms in total. The minimum atomic E-state index is -0.673. The van der Waals surface area contributed by atoms with Crippen LogP contribution in [0.15, 0.2) is 78.9 Å². The third-order valence-electron chi connectivity index (χ3n) is 6.93. The summed E-state index contributed by atoms with van der Waals surface area (Å²) < 4.78 is 5.92. The minimum absolute atomic E-state index is 0.117. The van der Waals surface area contributed by atoms with E-state index in [0.29, 0.717) is 17.2 Å². The van der Waals surface area contributed by atoms with Gasteiger partial charge in [-0.2, -0.15) is 0 Å². The Morgan fingerprint density at radius 1 is 0.919 bits per heavy atom. The number of amides is 2. The second kappa shape index (κ2) is 13.3. The third kappa shape index (κ3) is 7.83. The number of ether oxygens (including phenoxy) is 1. The van der Waals surface area contributed by atoms with E-state index in [1.165, 1.54) is 6.42 Å². The molecule has 1 saturated carbocycles. The second-order valence-corrected chi connectivity index (χ2v) is 10.2. The molecular weight excluding hydrogens is 484 g/mol. The highest BCUT2D eigenvalue weighted by Crippen LogP contribution is 2.21. The van der Waals surface area contributed by atoms with Crippen molar-refractivity contribution in [3.05, 3.63) is 101 Å². The van der Waals surface area contributed by atoms with Gasteiger partial charge in [-0.15, -0.1) is 0 Å². The molecule has 194 valence electrons. The van der Waals surface area contributed by atoms with Crippen LogP contribution < -0.4 is 10.1 Å². The van der Waals surface area contributed by atoms with Crippen LogP contribution in [0.1, 0.15) is 48.8 Å². The molecule has 0 bridgehead atoms. The van der Waals surface area contributed by atoms with E-state index in [9.17, 15) is 9.59 Å². The largest absolute Gasteiger partial charge is 0.484 e. The maximum Gasteiger partial charge on any atom is 0.261 e. The molecule has 0 aromatic heterocycles. The Balaban J connectivity index is 1.61. The average Bonchev–Trinajstić information content (AvgIpc) is 2.92. The summed E-state index contributed by atoms with van der Waals surface area (Å²) >= 11 is 6.11. The van der Waals surface area contributed by atoms with Crippen LogP contribution in [0.3, 0.4) is 0 Å². The highest BCUT2D eigenvalue weighted by Gasteiger charge is 2.32. The lowest BCUT2D eigenvalue weighted by Crippen LogP contribution is -2.53. The first-order valence-electron chi connectivity index (χ1n) is 13.1.